The maximum Gasteiger partial charge on any atom is 0.411 e. The molecule has 1 atom stereocenters. The lowest BCUT2D eigenvalue weighted by Gasteiger charge is -2.23. The van der Waals surface area contributed by atoms with Gasteiger partial charge in [0, 0.05) is 15.2 Å². The molecule has 144 valence electrons. The van der Waals surface area contributed by atoms with Crippen molar-refractivity contribution in [2.24, 2.45) is 0 Å². The minimum atomic E-state index is -0.563. The first-order valence-electron chi connectivity index (χ1n) is 8.24. The van der Waals surface area contributed by atoms with Gasteiger partial charge in [-0.2, -0.15) is 0 Å². The number of rotatable bonds is 7. The van der Waals surface area contributed by atoms with Crippen molar-refractivity contribution in [1.29, 1.82) is 0 Å². The minimum absolute atomic E-state index is 0.0300. The van der Waals surface area contributed by atoms with E-state index in [4.69, 9.17) is 21.1 Å². The zero-order chi connectivity index (χ0) is 19.8. The van der Waals surface area contributed by atoms with Crippen molar-refractivity contribution in [3.05, 3.63) is 63.1 Å². The molecule has 1 amide bonds. The molecule has 0 aliphatic carbocycles. The molecule has 0 saturated carbocycles. The standard InChI is InChI=1S/C19H20BrClN2O4/c1-3-27-19(25)23-16-9-8-12(20)10-14(16)18(22-11-17(24)26-2)13-6-4-5-7-15(13)21/h4-10,18,22H,3,11H2,1-2H3,(H,23,25). The van der Waals surface area contributed by atoms with Crippen LogP contribution in [0.3, 0.4) is 0 Å². The molecule has 2 aromatic carbocycles. The molecule has 0 aliphatic rings. The van der Waals surface area contributed by atoms with Crippen LogP contribution in [0, 0.1) is 0 Å². The maximum atomic E-state index is 11.9. The Balaban J connectivity index is 2.47. The van der Waals surface area contributed by atoms with Crippen LogP contribution >= 0.6 is 27.5 Å². The summed E-state index contributed by atoms with van der Waals surface area (Å²) in [5.74, 6) is -0.415. The highest BCUT2D eigenvalue weighted by Gasteiger charge is 2.22. The number of ether oxygens (including phenoxy) is 2. The van der Waals surface area contributed by atoms with Crippen LogP contribution in [0.15, 0.2) is 46.9 Å². The molecule has 0 aromatic heterocycles. The number of hydrogen-bond donors (Lipinski definition) is 2. The van der Waals surface area contributed by atoms with Crippen molar-refractivity contribution in [3.63, 3.8) is 0 Å². The lowest BCUT2D eigenvalue weighted by atomic mass is 9.97. The van der Waals surface area contributed by atoms with Crippen molar-refractivity contribution in [1.82, 2.24) is 5.32 Å². The van der Waals surface area contributed by atoms with Gasteiger partial charge in [-0.3, -0.25) is 15.4 Å². The second kappa shape index (κ2) is 10.3. The normalized spacial score (nSPS) is 11.6. The Morgan fingerprint density at radius 1 is 1.19 bits per heavy atom. The van der Waals surface area contributed by atoms with Gasteiger partial charge in [0.2, 0.25) is 0 Å². The number of anilines is 1. The van der Waals surface area contributed by atoms with Gasteiger partial charge in [-0.05, 0) is 42.3 Å². The second-order valence-electron chi connectivity index (χ2n) is 5.49. The van der Waals surface area contributed by atoms with E-state index in [2.05, 4.69) is 26.6 Å². The smallest absolute Gasteiger partial charge is 0.411 e. The monoisotopic (exact) mass is 454 g/mol. The number of amides is 1. The Hall–Kier alpha value is -2.09. The summed E-state index contributed by atoms with van der Waals surface area (Å²) in [6.45, 7) is 1.95. The number of hydrogen-bond acceptors (Lipinski definition) is 5. The summed E-state index contributed by atoms with van der Waals surface area (Å²) >= 11 is 9.84. The van der Waals surface area contributed by atoms with E-state index in [9.17, 15) is 9.59 Å². The molecule has 0 radical (unpaired) electrons. The van der Waals surface area contributed by atoms with E-state index >= 15 is 0 Å². The lowest BCUT2D eigenvalue weighted by Crippen LogP contribution is -2.30. The van der Waals surface area contributed by atoms with Crippen LogP contribution < -0.4 is 10.6 Å². The van der Waals surface area contributed by atoms with Gasteiger partial charge in [-0.1, -0.05) is 45.7 Å². The van der Waals surface area contributed by atoms with Gasteiger partial charge < -0.3 is 9.47 Å². The highest BCUT2D eigenvalue weighted by atomic mass is 79.9. The van der Waals surface area contributed by atoms with Gasteiger partial charge in [0.1, 0.15) is 0 Å². The zero-order valence-corrected chi connectivity index (χ0v) is 17.3. The lowest BCUT2D eigenvalue weighted by molar-refractivity contribution is -0.139. The quantitative estimate of drug-likeness (QED) is 0.600. The Kier molecular flexibility index (Phi) is 8.09. The van der Waals surface area contributed by atoms with Crippen molar-refractivity contribution < 1.29 is 19.1 Å². The number of halogens is 2. The van der Waals surface area contributed by atoms with E-state index in [1.54, 1.807) is 25.1 Å². The number of carbonyl (C=O) groups is 2. The van der Waals surface area contributed by atoms with E-state index in [1.165, 1.54) is 7.11 Å². The predicted molar refractivity (Wildman–Crippen MR) is 108 cm³/mol. The Labute approximate surface area is 171 Å². The van der Waals surface area contributed by atoms with Crippen molar-refractivity contribution in [3.8, 4) is 0 Å². The molecule has 2 aromatic rings. The molecule has 27 heavy (non-hydrogen) atoms. The van der Waals surface area contributed by atoms with E-state index in [-0.39, 0.29) is 13.2 Å². The minimum Gasteiger partial charge on any atom is -0.468 e. The highest BCUT2D eigenvalue weighted by Crippen LogP contribution is 2.34. The molecule has 2 rings (SSSR count). The Bertz CT molecular complexity index is 816. The van der Waals surface area contributed by atoms with Gasteiger partial charge in [0.05, 0.1) is 26.3 Å². The fraction of sp³-hybridized carbons (Fsp3) is 0.263. The average molecular weight is 456 g/mol. The molecule has 0 heterocycles. The van der Waals surface area contributed by atoms with Gasteiger partial charge in [-0.25, -0.2) is 4.79 Å². The largest absolute Gasteiger partial charge is 0.468 e. The third-order valence-electron chi connectivity index (χ3n) is 3.73. The van der Waals surface area contributed by atoms with Crippen LogP contribution in [0.25, 0.3) is 0 Å². The molecule has 6 nitrogen and oxygen atoms in total. The van der Waals surface area contributed by atoms with E-state index in [0.717, 1.165) is 15.6 Å². The summed E-state index contributed by atoms with van der Waals surface area (Å²) in [6, 6.07) is 12.2. The van der Waals surface area contributed by atoms with Gasteiger partial charge in [-0.15, -0.1) is 0 Å². The molecule has 8 heteroatoms. The van der Waals surface area contributed by atoms with Crippen LogP contribution in [0.4, 0.5) is 10.5 Å². The molecule has 2 N–H and O–H groups in total. The first-order valence-corrected chi connectivity index (χ1v) is 9.41. The Morgan fingerprint density at radius 2 is 1.93 bits per heavy atom. The molecule has 0 spiro atoms. The number of benzene rings is 2. The molecule has 0 saturated heterocycles. The number of carbonyl (C=O) groups excluding carboxylic acids is 2. The number of esters is 1. The maximum absolute atomic E-state index is 11.9. The molecule has 1 unspecified atom stereocenters. The second-order valence-corrected chi connectivity index (χ2v) is 6.81. The third kappa shape index (κ3) is 5.95. The summed E-state index contributed by atoms with van der Waals surface area (Å²) in [6.07, 6.45) is -0.563. The van der Waals surface area contributed by atoms with Gasteiger partial charge in [0.25, 0.3) is 0 Å². The summed E-state index contributed by atoms with van der Waals surface area (Å²) in [7, 11) is 1.32. The van der Waals surface area contributed by atoms with Crippen LogP contribution in [0.5, 0.6) is 0 Å². The molecule has 0 aliphatic heterocycles. The third-order valence-corrected chi connectivity index (χ3v) is 4.57. The molecular formula is C19H20BrClN2O4. The van der Waals surface area contributed by atoms with Gasteiger partial charge in [0.15, 0.2) is 0 Å². The first kappa shape index (κ1) is 21.2. The fourth-order valence-electron chi connectivity index (χ4n) is 2.52. The van der Waals surface area contributed by atoms with Gasteiger partial charge >= 0.3 is 12.1 Å². The van der Waals surface area contributed by atoms with Crippen molar-refractivity contribution >= 4 is 45.3 Å². The van der Waals surface area contributed by atoms with Crippen LogP contribution in [-0.2, 0) is 14.3 Å². The Morgan fingerprint density at radius 3 is 2.59 bits per heavy atom. The van der Waals surface area contributed by atoms with E-state index < -0.39 is 18.1 Å². The molecule has 0 fully saturated rings. The summed E-state index contributed by atoms with van der Waals surface area (Å²) in [5.41, 5.74) is 2.02. The SMILES string of the molecule is CCOC(=O)Nc1ccc(Br)cc1C(NCC(=O)OC)c1ccccc1Cl. The van der Waals surface area contributed by atoms with E-state index in [1.807, 2.05) is 24.3 Å². The average Bonchev–Trinajstić information content (AvgIpc) is 2.65. The topological polar surface area (TPSA) is 76.7 Å². The first-order chi connectivity index (χ1) is 13.0. The summed E-state index contributed by atoms with van der Waals surface area (Å²) in [5, 5.41) is 6.40. The van der Waals surface area contributed by atoms with Crippen LogP contribution in [-0.4, -0.2) is 32.3 Å². The highest BCUT2D eigenvalue weighted by molar-refractivity contribution is 9.10. The fourth-order valence-corrected chi connectivity index (χ4v) is 3.14. The molecular weight excluding hydrogens is 436 g/mol. The zero-order valence-electron chi connectivity index (χ0n) is 14.9. The van der Waals surface area contributed by atoms with Crippen molar-refractivity contribution in [2.45, 2.75) is 13.0 Å². The van der Waals surface area contributed by atoms with E-state index in [0.29, 0.717) is 10.7 Å². The number of methoxy groups -OCH3 is 1. The molecule has 0 bridgehead atoms. The predicted octanol–water partition coefficient (Wildman–Crippen LogP) is 4.52. The van der Waals surface area contributed by atoms with Crippen LogP contribution in [0.2, 0.25) is 5.02 Å². The van der Waals surface area contributed by atoms with Crippen molar-refractivity contribution in [2.75, 3.05) is 25.6 Å². The summed E-state index contributed by atoms with van der Waals surface area (Å²) < 4.78 is 10.5. The number of nitrogens with one attached hydrogen (secondary N) is 2. The van der Waals surface area contributed by atoms with Crippen LogP contribution in [0.1, 0.15) is 24.1 Å². The summed E-state index contributed by atoms with van der Waals surface area (Å²) in [4.78, 5) is 23.6.